The number of aryl methyl sites for hydroxylation is 1. The van der Waals surface area contributed by atoms with Gasteiger partial charge < -0.3 is 9.72 Å². The van der Waals surface area contributed by atoms with E-state index in [4.69, 9.17) is 0 Å². The summed E-state index contributed by atoms with van der Waals surface area (Å²) >= 11 is 0. The Balaban J connectivity index is 2.01. The van der Waals surface area contributed by atoms with Crippen molar-refractivity contribution < 1.29 is 9.18 Å². The highest BCUT2D eigenvalue weighted by Crippen LogP contribution is 2.29. The lowest BCUT2D eigenvalue weighted by atomic mass is 9.92. The van der Waals surface area contributed by atoms with Crippen LogP contribution < -0.4 is 5.32 Å². The number of aromatic nitrogens is 2. The minimum atomic E-state index is -0.305. The summed E-state index contributed by atoms with van der Waals surface area (Å²) in [7, 11) is 0. The fourth-order valence-corrected chi connectivity index (χ4v) is 3.00. The molecule has 0 aliphatic rings. The summed E-state index contributed by atoms with van der Waals surface area (Å²) in [6, 6.07) is 10.4. The van der Waals surface area contributed by atoms with Gasteiger partial charge in [-0.1, -0.05) is 19.1 Å². The van der Waals surface area contributed by atoms with E-state index in [9.17, 15) is 9.18 Å². The molecular weight excluding hydrogens is 317 g/mol. The van der Waals surface area contributed by atoms with Crippen molar-refractivity contribution in [1.29, 1.82) is 0 Å². The molecule has 5 heteroatoms. The molecule has 1 amide bonds. The first-order valence-electron chi connectivity index (χ1n) is 8.54. The number of rotatable bonds is 6. The second-order valence-corrected chi connectivity index (χ2v) is 6.28. The summed E-state index contributed by atoms with van der Waals surface area (Å²) in [6.07, 6.45) is 4.86. The van der Waals surface area contributed by atoms with Crippen molar-refractivity contribution in [3.05, 3.63) is 71.4 Å². The molecule has 0 aliphatic heterocycles. The van der Waals surface area contributed by atoms with Gasteiger partial charge in [-0.2, -0.15) is 0 Å². The van der Waals surface area contributed by atoms with Gasteiger partial charge in [0.1, 0.15) is 11.5 Å². The minimum Gasteiger partial charge on any atom is -0.356 e. The third-order valence-corrected chi connectivity index (χ3v) is 4.27. The Morgan fingerprint density at radius 1 is 1.32 bits per heavy atom. The molecule has 2 aromatic heterocycles. The zero-order valence-electron chi connectivity index (χ0n) is 14.5. The first-order valence-corrected chi connectivity index (χ1v) is 8.54. The molecule has 1 N–H and O–H groups in total. The molecule has 25 heavy (non-hydrogen) atoms. The second-order valence-electron chi connectivity index (χ2n) is 6.28. The first-order chi connectivity index (χ1) is 12.1. The zero-order valence-corrected chi connectivity index (χ0v) is 14.5. The lowest BCUT2D eigenvalue weighted by molar-refractivity contribution is -0.121. The van der Waals surface area contributed by atoms with Crippen molar-refractivity contribution >= 4 is 11.6 Å². The van der Waals surface area contributed by atoms with E-state index in [1.54, 1.807) is 12.3 Å². The lowest BCUT2D eigenvalue weighted by Crippen LogP contribution is -2.26. The number of hydrogen-bond donors (Lipinski definition) is 1. The molecule has 1 atom stereocenters. The monoisotopic (exact) mass is 339 g/mol. The van der Waals surface area contributed by atoms with Crippen molar-refractivity contribution in [2.45, 2.75) is 32.6 Å². The number of carbonyl (C=O) groups excluding carboxylic acids is 1. The standard InChI is InChI=1S/C20H22FN3O/c1-3-8-22-20(25)12-17(15-5-4-6-16(21)11-15)18-13-23-19-10-14(2)7-9-24(18)19/h4-7,9-11,13,17H,3,8,12H2,1-2H3,(H,22,25). The van der Waals surface area contributed by atoms with Gasteiger partial charge in [0.05, 0.1) is 5.69 Å². The summed E-state index contributed by atoms with van der Waals surface area (Å²) in [5, 5.41) is 2.90. The molecular formula is C20H22FN3O. The number of hydrogen-bond acceptors (Lipinski definition) is 2. The third kappa shape index (κ3) is 3.87. The van der Waals surface area contributed by atoms with Crippen LogP contribution in [0.1, 0.15) is 42.5 Å². The number of benzene rings is 1. The maximum absolute atomic E-state index is 13.8. The van der Waals surface area contributed by atoms with Gasteiger partial charge in [0.2, 0.25) is 5.91 Å². The molecule has 0 bridgehead atoms. The molecule has 130 valence electrons. The number of halogens is 1. The summed E-state index contributed by atoms with van der Waals surface area (Å²) in [4.78, 5) is 16.8. The molecule has 3 aromatic rings. The zero-order chi connectivity index (χ0) is 17.8. The van der Waals surface area contributed by atoms with Crippen molar-refractivity contribution in [1.82, 2.24) is 14.7 Å². The van der Waals surface area contributed by atoms with Crippen LogP contribution >= 0.6 is 0 Å². The fraction of sp³-hybridized carbons (Fsp3) is 0.300. The van der Waals surface area contributed by atoms with E-state index < -0.39 is 0 Å². The number of nitrogens with one attached hydrogen (secondary N) is 1. The van der Waals surface area contributed by atoms with Crippen molar-refractivity contribution in [3.63, 3.8) is 0 Å². The van der Waals surface area contributed by atoms with Crippen LogP contribution in [0.2, 0.25) is 0 Å². The third-order valence-electron chi connectivity index (χ3n) is 4.27. The molecule has 4 nitrogen and oxygen atoms in total. The normalized spacial score (nSPS) is 12.3. The molecule has 1 aromatic carbocycles. The topological polar surface area (TPSA) is 46.4 Å². The number of pyridine rings is 1. The quantitative estimate of drug-likeness (QED) is 0.742. The van der Waals surface area contributed by atoms with E-state index in [0.29, 0.717) is 6.54 Å². The van der Waals surface area contributed by atoms with Gasteiger partial charge in [-0.25, -0.2) is 9.37 Å². The van der Waals surface area contributed by atoms with Crippen LogP contribution in [0.3, 0.4) is 0 Å². The van der Waals surface area contributed by atoms with Crippen LogP contribution in [0.15, 0.2) is 48.8 Å². The molecule has 0 aliphatic carbocycles. The van der Waals surface area contributed by atoms with Crippen LogP contribution in [0.5, 0.6) is 0 Å². The number of nitrogens with zero attached hydrogens (tertiary/aromatic N) is 2. The Morgan fingerprint density at radius 3 is 2.92 bits per heavy atom. The van der Waals surface area contributed by atoms with Crippen LogP contribution in [0.4, 0.5) is 4.39 Å². The smallest absolute Gasteiger partial charge is 0.221 e. The summed E-state index contributed by atoms with van der Waals surface area (Å²) in [5.74, 6) is -0.607. The van der Waals surface area contributed by atoms with E-state index in [1.165, 1.54) is 12.1 Å². The van der Waals surface area contributed by atoms with E-state index in [1.807, 2.05) is 42.6 Å². The largest absolute Gasteiger partial charge is 0.356 e. The molecule has 0 saturated heterocycles. The van der Waals surface area contributed by atoms with Gasteiger partial charge in [-0.05, 0) is 48.7 Å². The molecule has 0 spiro atoms. The summed E-state index contributed by atoms with van der Waals surface area (Å²) < 4.78 is 15.7. The summed E-state index contributed by atoms with van der Waals surface area (Å²) in [6.45, 7) is 4.66. The van der Waals surface area contributed by atoms with Crippen LogP contribution in [0, 0.1) is 12.7 Å². The minimum absolute atomic E-state index is 0.0434. The number of amides is 1. The highest BCUT2D eigenvalue weighted by Gasteiger charge is 2.22. The Bertz CT molecular complexity index is 888. The SMILES string of the molecule is CCCNC(=O)CC(c1cccc(F)c1)c1cnc2cc(C)ccn12. The summed E-state index contributed by atoms with van der Waals surface area (Å²) in [5.41, 5.74) is 3.60. The molecule has 0 fully saturated rings. The average Bonchev–Trinajstić information content (AvgIpc) is 3.00. The van der Waals surface area contributed by atoms with Crippen LogP contribution in [0.25, 0.3) is 5.65 Å². The van der Waals surface area contributed by atoms with Gasteiger partial charge in [0, 0.05) is 31.3 Å². The van der Waals surface area contributed by atoms with Gasteiger partial charge in [-0.15, -0.1) is 0 Å². The predicted octanol–water partition coefficient (Wildman–Crippen LogP) is 3.83. The van der Waals surface area contributed by atoms with Gasteiger partial charge >= 0.3 is 0 Å². The van der Waals surface area contributed by atoms with Crippen molar-refractivity contribution in [2.24, 2.45) is 0 Å². The molecule has 0 saturated carbocycles. The number of carbonyl (C=O) groups is 1. The van der Waals surface area contributed by atoms with Crippen molar-refractivity contribution in [3.8, 4) is 0 Å². The fourth-order valence-electron chi connectivity index (χ4n) is 3.00. The molecule has 0 radical (unpaired) electrons. The van der Waals surface area contributed by atoms with E-state index in [-0.39, 0.29) is 24.1 Å². The molecule has 2 heterocycles. The Labute approximate surface area is 146 Å². The van der Waals surface area contributed by atoms with E-state index in [2.05, 4.69) is 10.3 Å². The highest BCUT2D eigenvalue weighted by molar-refractivity contribution is 5.77. The lowest BCUT2D eigenvalue weighted by Gasteiger charge is -2.17. The van der Waals surface area contributed by atoms with Crippen molar-refractivity contribution in [2.75, 3.05) is 6.54 Å². The maximum Gasteiger partial charge on any atom is 0.221 e. The molecule has 1 unspecified atom stereocenters. The number of imidazole rings is 1. The van der Waals surface area contributed by atoms with Crippen LogP contribution in [-0.2, 0) is 4.79 Å². The van der Waals surface area contributed by atoms with E-state index >= 15 is 0 Å². The van der Waals surface area contributed by atoms with Gasteiger partial charge in [0.25, 0.3) is 0 Å². The van der Waals surface area contributed by atoms with Crippen LogP contribution in [-0.4, -0.2) is 21.8 Å². The average molecular weight is 339 g/mol. The second kappa shape index (κ2) is 7.47. The Kier molecular flexibility index (Phi) is 5.12. The van der Waals surface area contributed by atoms with E-state index in [0.717, 1.165) is 28.9 Å². The Morgan fingerprint density at radius 2 is 2.16 bits per heavy atom. The highest BCUT2D eigenvalue weighted by atomic mass is 19.1. The first kappa shape index (κ1) is 17.1. The van der Waals surface area contributed by atoms with Gasteiger partial charge in [0.15, 0.2) is 0 Å². The van der Waals surface area contributed by atoms with Gasteiger partial charge in [-0.3, -0.25) is 4.79 Å². The predicted molar refractivity (Wildman–Crippen MR) is 96.1 cm³/mol. The number of fused-ring (bicyclic) bond motifs is 1. The Hall–Kier alpha value is -2.69. The molecule has 3 rings (SSSR count). The maximum atomic E-state index is 13.8.